The molecule has 0 fully saturated rings. The fourth-order valence-electron chi connectivity index (χ4n) is 3.39. The van der Waals surface area contributed by atoms with Crippen LogP contribution in [0, 0.1) is 0 Å². The van der Waals surface area contributed by atoms with Crippen molar-refractivity contribution in [1.29, 1.82) is 0 Å². The van der Waals surface area contributed by atoms with E-state index in [0.29, 0.717) is 5.75 Å². The van der Waals surface area contributed by atoms with E-state index in [2.05, 4.69) is 19.4 Å². The van der Waals surface area contributed by atoms with Crippen LogP contribution >= 0.6 is 0 Å². The zero-order valence-electron chi connectivity index (χ0n) is 21.0. The van der Waals surface area contributed by atoms with Gasteiger partial charge in [0.2, 0.25) is 5.16 Å². The molecule has 15 heteroatoms. The minimum Gasteiger partial charge on any atom is -0.493 e. The molecular weight excluding hydrogens is 530 g/mol. The molecule has 2 aromatic heterocycles. The molecule has 0 radical (unpaired) electrons. The molecule has 1 unspecified atom stereocenters. The third-order valence-electron chi connectivity index (χ3n) is 5.08. The van der Waals surface area contributed by atoms with Gasteiger partial charge in [-0.2, -0.15) is 8.78 Å². The number of ether oxygens (including phenoxy) is 5. The summed E-state index contributed by atoms with van der Waals surface area (Å²) >= 11 is 0. The molecule has 0 saturated carbocycles. The molecule has 0 aliphatic heterocycles. The van der Waals surface area contributed by atoms with Crippen LogP contribution in [0.25, 0.3) is 11.0 Å². The monoisotopic (exact) mass is 556 g/mol. The first-order valence-corrected chi connectivity index (χ1v) is 12.5. The molecule has 0 saturated heterocycles. The molecule has 38 heavy (non-hydrogen) atoms. The third-order valence-corrected chi connectivity index (χ3v) is 6.30. The quantitative estimate of drug-likeness (QED) is 0.324. The zero-order chi connectivity index (χ0) is 27.8. The molecule has 3 aromatic rings. The number of carbonyl (C=O) groups is 2. The fraction of sp³-hybridized carbons (Fsp3) is 0.391. The molecule has 206 valence electrons. The van der Waals surface area contributed by atoms with Crippen molar-refractivity contribution in [1.82, 2.24) is 19.4 Å². The highest BCUT2D eigenvalue weighted by molar-refractivity contribution is 7.84. The van der Waals surface area contributed by atoms with Crippen molar-refractivity contribution in [3.8, 4) is 17.2 Å². The van der Waals surface area contributed by atoms with E-state index in [1.165, 1.54) is 50.6 Å². The summed E-state index contributed by atoms with van der Waals surface area (Å²) in [7, 11) is 2.33. The molecule has 1 atom stereocenters. The number of hydrogen-bond acceptors (Lipinski definition) is 10. The summed E-state index contributed by atoms with van der Waals surface area (Å²) in [5, 5.41) is -0.163. The van der Waals surface area contributed by atoms with Crippen LogP contribution in [-0.2, 0) is 26.0 Å². The number of pyridine rings is 1. The van der Waals surface area contributed by atoms with Gasteiger partial charge in [0.05, 0.1) is 60.7 Å². The van der Waals surface area contributed by atoms with Crippen LogP contribution in [0.4, 0.5) is 18.4 Å². The first-order chi connectivity index (χ1) is 18.2. The Morgan fingerprint density at radius 1 is 1.16 bits per heavy atom. The van der Waals surface area contributed by atoms with E-state index in [0.717, 1.165) is 4.57 Å². The van der Waals surface area contributed by atoms with Gasteiger partial charge in [-0.3, -0.25) is 9.19 Å². The number of rotatable bonds is 11. The van der Waals surface area contributed by atoms with Gasteiger partial charge in [-0.05, 0) is 19.1 Å². The number of methoxy groups -OCH3 is 2. The smallest absolute Gasteiger partial charge is 0.493 e. The Labute approximate surface area is 218 Å². The van der Waals surface area contributed by atoms with E-state index < -0.39 is 29.6 Å². The van der Waals surface area contributed by atoms with E-state index >= 15 is 0 Å². The van der Waals surface area contributed by atoms with Crippen LogP contribution in [0.1, 0.15) is 12.6 Å². The number of halogens is 2. The van der Waals surface area contributed by atoms with Crippen molar-refractivity contribution < 1.29 is 46.3 Å². The highest BCUT2D eigenvalue weighted by Gasteiger charge is 2.26. The van der Waals surface area contributed by atoms with E-state index in [1.807, 2.05) is 0 Å². The Morgan fingerprint density at radius 3 is 2.58 bits per heavy atom. The van der Waals surface area contributed by atoms with Crippen LogP contribution in [0.3, 0.4) is 0 Å². The fourth-order valence-corrected chi connectivity index (χ4v) is 4.55. The van der Waals surface area contributed by atoms with Crippen molar-refractivity contribution in [3.05, 3.63) is 36.2 Å². The van der Waals surface area contributed by atoms with Gasteiger partial charge >= 0.3 is 18.8 Å². The summed E-state index contributed by atoms with van der Waals surface area (Å²) in [6, 6.07) is 4.72. The number of fused-ring (bicyclic) bond motifs is 1. The Hall–Kier alpha value is -4.01. The van der Waals surface area contributed by atoms with Crippen LogP contribution in [0.15, 0.2) is 35.6 Å². The van der Waals surface area contributed by atoms with E-state index in [4.69, 9.17) is 14.2 Å². The summed E-state index contributed by atoms with van der Waals surface area (Å²) in [4.78, 5) is 34.6. The molecular formula is C23H26F2N4O8S. The van der Waals surface area contributed by atoms with Crippen LogP contribution < -0.4 is 14.2 Å². The molecule has 0 aliphatic carbocycles. The van der Waals surface area contributed by atoms with Gasteiger partial charge in [-0.25, -0.2) is 19.1 Å². The predicted octanol–water partition coefficient (Wildman–Crippen LogP) is 3.43. The van der Waals surface area contributed by atoms with E-state index in [1.54, 1.807) is 13.0 Å². The molecule has 0 bridgehead atoms. The SMILES string of the molecule is CCOC(=O)OCCN(C)C(=O)n1c(S(=O)Cc2nccc(OC)c2OC)nc2cc(OC(F)F)ccc21. The third kappa shape index (κ3) is 6.65. The average molecular weight is 557 g/mol. The van der Waals surface area contributed by atoms with Crippen LogP contribution in [0.5, 0.6) is 17.2 Å². The van der Waals surface area contributed by atoms with E-state index in [9.17, 15) is 22.6 Å². The van der Waals surface area contributed by atoms with Crippen molar-refractivity contribution in [2.45, 2.75) is 24.4 Å². The molecule has 0 N–H and O–H groups in total. The maximum Gasteiger partial charge on any atom is 0.508 e. The predicted molar refractivity (Wildman–Crippen MR) is 130 cm³/mol. The first kappa shape index (κ1) is 28.6. The lowest BCUT2D eigenvalue weighted by Gasteiger charge is -2.19. The number of amides is 1. The maximum atomic E-state index is 13.5. The number of nitrogens with zero attached hydrogens (tertiary/aromatic N) is 4. The Bertz CT molecular complexity index is 1320. The highest BCUT2D eigenvalue weighted by atomic mass is 32.2. The van der Waals surface area contributed by atoms with Crippen molar-refractivity contribution in [2.75, 3.05) is 41.0 Å². The standard InChI is InChI=1S/C23H26F2N4O8S/c1-5-35-23(31)36-11-10-28(2)22(30)29-17-7-6-14(37-20(24)25)12-15(17)27-21(29)38(32)13-16-19(34-4)18(33-3)8-9-26-16/h6-9,12,20H,5,10-11,13H2,1-4H3. The van der Waals surface area contributed by atoms with Crippen molar-refractivity contribution in [3.63, 3.8) is 0 Å². The van der Waals surface area contributed by atoms with Crippen LogP contribution in [-0.4, -0.2) is 83.5 Å². The number of likely N-dealkylation sites (N-methyl/N-ethyl adjacent to an activating group) is 1. The molecule has 0 spiro atoms. The first-order valence-electron chi connectivity index (χ1n) is 11.2. The van der Waals surface area contributed by atoms with Gasteiger partial charge in [0.1, 0.15) is 12.4 Å². The van der Waals surface area contributed by atoms with Gasteiger partial charge in [-0.15, -0.1) is 0 Å². The topological polar surface area (TPSA) is 131 Å². The number of benzene rings is 1. The van der Waals surface area contributed by atoms with Gasteiger partial charge in [-0.1, -0.05) is 0 Å². The van der Waals surface area contributed by atoms with Gasteiger partial charge in [0.25, 0.3) is 0 Å². The lowest BCUT2D eigenvalue weighted by atomic mass is 10.3. The molecule has 1 aromatic carbocycles. The van der Waals surface area contributed by atoms with Gasteiger partial charge in [0, 0.05) is 25.4 Å². The molecule has 3 rings (SSSR count). The summed E-state index contributed by atoms with van der Waals surface area (Å²) in [5.74, 6) is 0.245. The summed E-state index contributed by atoms with van der Waals surface area (Å²) in [6.45, 7) is -1.50. The van der Waals surface area contributed by atoms with Crippen LogP contribution in [0.2, 0.25) is 0 Å². The largest absolute Gasteiger partial charge is 0.508 e. The maximum absolute atomic E-state index is 13.5. The lowest BCUT2D eigenvalue weighted by molar-refractivity contribution is -0.0497. The Morgan fingerprint density at radius 2 is 1.92 bits per heavy atom. The van der Waals surface area contributed by atoms with Crippen molar-refractivity contribution in [2.24, 2.45) is 0 Å². The zero-order valence-corrected chi connectivity index (χ0v) is 21.8. The second kappa shape index (κ2) is 13.0. The second-order valence-corrected chi connectivity index (χ2v) is 8.82. The molecule has 12 nitrogen and oxygen atoms in total. The number of imidazole rings is 1. The minimum atomic E-state index is -3.07. The second-order valence-electron chi connectivity index (χ2n) is 7.48. The molecule has 2 heterocycles. The number of aromatic nitrogens is 3. The highest BCUT2D eigenvalue weighted by Crippen LogP contribution is 2.31. The molecule has 1 amide bonds. The van der Waals surface area contributed by atoms with E-state index in [-0.39, 0.29) is 58.9 Å². The average Bonchev–Trinajstić information content (AvgIpc) is 3.26. The van der Waals surface area contributed by atoms with Gasteiger partial charge < -0.3 is 28.6 Å². The summed E-state index contributed by atoms with van der Waals surface area (Å²) in [5.41, 5.74) is 0.583. The minimum absolute atomic E-state index is 0.0266. The lowest BCUT2D eigenvalue weighted by Crippen LogP contribution is -2.35. The van der Waals surface area contributed by atoms with Gasteiger partial charge in [0.15, 0.2) is 11.5 Å². The molecule has 0 aliphatic rings. The number of carbonyl (C=O) groups excluding carboxylic acids is 2. The normalized spacial score (nSPS) is 11.8. The summed E-state index contributed by atoms with van der Waals surface area (Å²) in [6.07, 6.45) is 0.572. The Kier molecular flexibility index (Phi) is 9.76. The number of alkyl halides is 2. The summed E-state index contributed by atoms with van der Waals surface area (Å²) < 4.78 is 64.7. The Balaban J connectivity index is 1.97. The number of hydrogen-bond donors (Lipinski definition) is 0. The van der Waals surface area contributed by atoms with Crippen molar-refractivity contribution >= 4 is 34.0 Å².